The lowest BCUT2D eigenvalue weighted by molar-refractivity contribution is 0.941. The first kappa shape index (κ1) is 16.0. The number of pyridine rings is 1. The molecule has 0 fully saturated rings. The quantitative estimate of drug-likeness (QED) is 0.381. The van der Waals surface area contributed by atoms with Crippen molar-refractivity contribution in [3.8, 4) is 22.3 Å². The zero-order valence-corrected chi connectivity index (χ0v) is 15.4. The highest BCUT2D eigenvalue weighted by Gasteiger charge is 2.13. The van der Waals surface area contributed by atoms with Crippen molar-refractivity contribution in [3.63, 3.8) is 0 Å². The number of halogens is 1. The van der Waals surface area contributed by atoms with E-state index in [1.807, 2.05) is 53.4 Å². The van der Waals surface area contributed by atoms with E-state index >= 15 is 0 Å². The van der Waals surface area contributed by atoms with Crippen LogP contribution in [0.15, 0.2) is 73.2 Å². The van der Waals surface area contributed by atoms with E-state index in [2.05, 4.69) is 46.3 Å². The third kappa shape index (κ3) is 2.75. The van der Waals surface area contributed by atoms with Crippen molar-refractivity contribution in [2.45, 2.75) is 6.92 Å². The molecule has 3 aromatic heterocycles. The van der Waals surface area contributed by atoms with E-state index in [9.17, 15) is 0 Å². The standard InChI is InChI=1S/C22H15ClN4/c1-14-6-8-15(9-7-14)16-11-24-22-19(12-25-27(22)13-16)18-10-21(23)26-20-5-3-2-4-17(18)20/h2-13H,1H3. The molecule has 0 bridgehead atoms. The van der Waals surface area contributed by atoms with Crippen molar-refractivity contribution in [3.05, 3.63) is 83.9 Å². The summed E-state index contributed by atoms with van der Waals surface area (Å²) in [7, 11) is 0. The first-order chi connectivity index (χ1) is 13.2. The topological polar surface area (TPSA) is 43.1 Å². The number of rotatable bonds is 2. The highest BCUT2D eigenvalue weighted by Crippen LogP contribution is 2.32. The first-order valence-electron chi connectivity index (χ1n) is 8.65. The van der Waals surface area contributed by atoms with Gasteiger partial charge in [-0.15, -0.1) is 0 Å². The van der Waals surface area contributed by atoms with Gasteiger partial charge in [-0.2, -0.15) is 5.10 Å². The predicted molar refractivity (Wildman–Crippen MR) is 109 cm³/mol. The van der Waals surface area contributed by atoms with Gasteiger partial charge < -0.3 is 0 Å². The Morgan fingerprint density at radius 1 is 0.889 bits per heavy atom. The molecule has 5 heteroatoms. The number of aromatic nitrogens is 4. The second-order valence-electron chi connectivity index (χ2n) is 6.54. The molecule has 0 aliphatic rings. The van der Waals surface area contributed by atoms with Crippen LogP contribution < -0.4 is 0 Å². The SMILES string of the molecule is Cc1ccc(-c2cnc3c(-c4cc(Cl)nc5ccccc45)cnn3c2)cc1. The normalized spacial score (nSPS) is 11.3. The summed E-state index contributed by atoms with van der Waals surface area (Å²) in [6, 6.07) is 18.2. The zero-order valence-electron chi connectivity index (χ0n) is 14.6. The van der Waals surface area contributed by atoms with Gasteiger partial charge in [0.25, 0.3) is 0 Å². The summed E-state index contributed by atoms with van der Waals surface area (Å²) < 4.78 is 1.81. The number of hydrogen-bond acceptors (Lipinski definition) is 3. The Kier molecular flexibility index (Phi) is 3.66. The second-order valence-corrected chi connectivity index (χ2v) is 6.93. The van der Waals surface area contributed by atoms with Gasteiger partial charge in [-0.05, 0) is 30.2 Å². The Hall–Kier alpha value is -3.24. The maximum Gasteiger partial charge on any atom is 0.162 e. The monoisotopic (exact) mass is 370 g/mol. The van der Waals surface area contributed by atoms with Crippen LogP contribution in [-0.2, 0) is 0 Å². The maximum absolute atomic E-state index is 6.25. The van der Waals surface area contributed by atoms with Crippen LogP contribution in [0.1, 0.15) is 5.56 Å². The lowest BCUT2D eigenvalue weighted by Gasteiger charge is -2.06. The molecular weight excluding hydrogens is 356 g/mol. The first-order valence-corrected chi connectivity index (χ1v) is 9.03. The summed E-state index contributed by atoms with van der Waals surface area (Å²) in [5.41, 5.74) is 6.94. The van der Waals surface area contributed by atoms with Gasteiger partial charge in [0.2, 0.25) is 0 Å². The molecule has 3 heterocycles. The zero-order chi connectivity index (χ0) is 18.4. The van der Waals surface area contributed by atoms with Crippen LogP contribution in [0.25, 0.3) is 38.8 Å². The molecule has 0 aliphatic carbocycles. The average Bonchev–Trinajstić information content (AvgIpc) is 3.11. The molecule has 5 rings (SSSR count). The van der Waals surface area contributed by atoms with Crippen LogP contribution in [0, 0.1) is 6.92 Å². The van der Waals surface area contributed by atoms with Crippen molar-refractivity contribution in [1.29, 1.82) is 0 Å². The van der Waals surface area contributed by atoms with Gasteiger partial charge in [0.05, 0.1) is 11.7 Å². The van der Waals surface area contributed by atoms with Crippen molar-refractivity contribution < 1.29 is 0 Å². The van der Waals surface area contributed by atoms with Gasteiger partial charge >= 0.3 is 0 Å². The Bertz CT molecular complexity index is 1290. The van der Waals surface area contributed by atoms with E-state index in [0.29, 0.717) is 5.15 Å². The van der Waals surface area contributed by atoms with Gasteiger partial charge in [0.15, 0.2) is 5.65 Å². The number of aryl methyl sites for hydroxylation is 1. The fraction of sp³-hybridized carbons (Fsp3) is 0.0455. The molecule has 0 unspecified atom stereocenters. The summed E-state index contributed by atoms with van der Waals surface area (Å²) in [4.78, 5) is 9.09. The highest BCUT2D eigenvalue weighted by atomic mass is 35.5. The van der Waals surface area contributed by atoms with Gasteiger partial charge in [-0.1, -0.05) is 59.6 Å². The minimum atomic E-state index is 0.458. The van der Waals surface area contributed by atoms with E-state index in [0.717, 1.165) is 38.8 Å². The minimum Gasteiger partial charge on any atom is -0.236 e. The van der Waals surface area contributed by atoms with Crippen molar-refractivity contribution in [2.24, 2.45) is 0 Å². The molecule has 0 aliphatic heterocycles. The smallest absolute Gasteiger partial charge is 0.162 e. The van der Waals surface area contributed by atoms with Crippen LogP contribution >= 0.6 is 11.6 Å². The van der Waals surface area contributed by atoms with Crippen LogP contribution in [0.5, 0.6) is 0 Å². The van der Waals surface area contributed by atoms with Gasteiger partial charge in [-0.3, -0.25) is 0 Å². The third-order valence-electron chi connectivity index (χ3n) is 4.72. The molecule has 0 N–H and O–H groups in total. The summed E-state index contributed by atoms with van der Waals surface area (Å²) >= 11 is 6.25. The number of hydrogen-bond donors (Lipinski definition) is 0. The van der Waals surface area contributed by atoms with E-state index in [4.69, 9.17) is 11.6 Å². The largest absolute Gasteiger partial charge is 0.236 e. The predicted octanol–water partition coefficient (Wildman–Crippen LogP) is 5.57. The molecule has 27 heavy (non-hydrogen) atoms. The number of fused-ring (bicyclic) bond motifs is 2. The third-order valence-corrected chi connectivity index (χ3v) is 4.91. The number of nitrogens with zero attached hydrogens (tertiary/aromatic N) is 4. The van der Waals surface area contributed by atoms with Crippen molar-refractivity contribution in [2.75, 3.05) is 0 Å². The molecule has 0 radical (unpaired) electrons. The van der Waals surface area contributed by atoms with Gasteiger partial charge in [0.1, 0.15) is 5.15 Å². The molecule has 0 spiro atoms. The van der Waals surface area contributed by atoms with E-state index in [1.54, 1.807) is 0 Å². The molecule has 0 atom stereocenters. The van der Waals surface area contributed by atoms with Crippen molar-refractivity contribution >= 4 is 28.2 Å². The Labute approximate surface area is 161 Å². The van der Waals surface area contributed by atoms with E-state index in [-0.39, 0.29) is 0 Å². The summed E-state index contributed by atoms with van der Waals surface area (Å²) in [6.07, 6.45) is 5.72. The molecule has 5 aromatic rings. The molecule has 2 aromatic carbocycles. The lowest BCUT2D eigenvalue weighted by Crippen LogP contribution is -1.92. The molecule has 0 saturated heterocycles. The molecule has 130 valence electrons. The molecule has 0 amide bonds. The van der Waals surface area contributed by atoms with Gasteiger partial charge in [-0.25, -0.2) is 14.5 Å². The minimum absolute atomic E-state index is 0.458. The van der Waals surface area contributed by atoms with E-state index in [1.165, 1.54) is 5.56 Å². The molecule has 0 saturated carbocycles. The summed E-state index contributed by atoms with van der Waals surface area (Å²) in [6.45, 7) is 2.08. The van der Waals surface area contributed by atoms with Crippen LogP contribution in [0.4, 0.5) is 0 Å². The number of benzene rings is 2. The number of para-hydroxylation sites is 1. The Morgan fingerprint density at radius 2 is 1.70 bits per heavy atom. The highest BCUT2D eigenvalue weighted by molar-refractivity contribution is 6.30. The van der Waals surface area contributed by atoms with E-state index < -0.39 is 0 Å². The fourth-order valence-corrected chi connectivity index (χ4v) is 3.53. The van der Waals surface area contributed by atoms with Crippen LogP contribution in [0.3, 0.4) is 0 Å². The molecular formula is C22H15ClN4. The Morgan fingerprint density at radius 3 is 2.56 bits per heavy atom. The van der Waals surface area contributed by atoms with Crippen LogP contribution in [0.2, 0.25) is 5.15 Å². The summed E-state index contributed by atoms with van der Waals surface area (Å²) in [5.74, 6) is 0. The van der Waals surface area contributed by atoms with Crippen LogP contribution in [-0.4, -0.2) is 19.6 Å². The summed E-state index contributed by atoms with van der Waals surface area (Å²) in [5, 5.41) is 6.01. The maximum atomic E-state index is 6.25. The Balaban J connectivity index is 1.69. The average molecular weight is 371 g/mol. The lowest BCUT2D eigenvalue weighted by atomic mass is 10.0. The van der Waals surface area contributed by atoms with Crippen molar-refractivity contribution in [1.82, 2.24) is 19.6 Å². The molecule has 4 nitrogen and oxygen atoms in total. The fourth-order valence-electron chi connectivity index (χ4n) is 3.33. The van der Waals surface area contributed by atoms with Gasteiger partial charge in [0, 0.05) is 28.9 Å². The second kappa shape index (κ2) is 6.18.